The Morgan fingerprint density at radius 3 is 2.29 bits per heavy atom. The van der Waals surface area contributed by atoms with Crippen molar-refractivity contribution in [3.05, 3.63) is 35.9 Å². The summed E-state index contributed by atoms with van der Waals surface area (Å²) in [4.78, 5) is 12.2. The van der Waals surface area contributed by atoms with Gasteiger partial charge in [0.2, 0.25) is 5.91 Å². The van der Waals surface area contributed by atoms with E-state index in [4.69, 9.17) is 5.73 Å². The lowest BCUT2D eigenvalue weighted by Gasteiger charge is -2.43. The van der Waals surface area contributed by atoms with Crippen LogP contribution in [0.2, 0.25) is 0 Å². The SMILES string of the molecule is CC(C)(C)[C@H](N)C(=O)NCC1(c2ccccc2)CCC1.Cl. The zero-order chi connectivity index (χ0) is 14.8. The second-order valence-electron chi connectivity index (χ2n) is 7.06. The predicted octanol–water partition coefficient (Wildman–Crippen LogP) is 3.02. The molecule has 2 rings (SSSR count). The molecule has 0 spiro atoms. The Hall–Kier alpha value is -1.06. The van der Waals surface area contributed by atoms with E-state index in [1.807, 2.05) is 26.8 Å². The molecule has 21 heavy (non-hydrogen) atoms. The molecule has 0 radical (unpaired) electrons. The van der Waals surface area contributed by atoms with Gasteiger partial charge in [0.1, 0.15) is 0 Å². The number of benzene rings is 1. The van der Waals surface area contributed by atoms with Crippen LogP contribution in [-0.4, -0.2) is 18.5 Å². The third kappa shape index (κ3) is 3.98. The van der Waals surface area contributed by atoms with Crippen molar-refractivity contribution < 1.29 is 4.79 Å². The highest BCUT2D eigenvalue weighted by atomic mass is 35.5. The Morgan fingerprint density at radius 2 is 1.86 bits per heavy atom. The van der Waals surface area contributed by atoms with Gasteiger partial charge in [0.15, 0.2) is 0 Å². The summed E-state index contributed by atoms with van der Waals surface area (Å²) in [5.74, 6) is -0.0419. The number of hydrogen-bond acceptors (Lipinski definition) is 2. The fraction of sp³-hybridized carbons (Fsp3) is 0.588. The molecule has 0 heterocycles. The lowest BCUT2D eigenvalue weighted by atomic mass is 9.64. The van der Waals surface area contributed by atoms with Crippen molar-refractivity contribution in [3.63, 3.8) is 0 Å². The van der Waals surface area contributed by atoms with Crippen molar-refractivity contribution in [2.75, 3.05) is 6.54 Å². The minimum Gasteiger partial charge on any atom is -0.354 e. The smallest absolute Gasteiger partial charge is 0.237 e. The first-order valence-electron chi connectivity index (χ1n) is 7.44. The fourth-order valence-corrected chi connectivity index (χ4v) is 2.72. The van der Waals surface area contributed by atoms with E-state index in [1.165, 1.54) is 12.0 Å². The standard InChI is InChI=1S/C17H26N2O.ClH/c1-16(2,3)14(18)15(20)19-12-17(10-7-11-17)13-8-5-4-6-9-13;/h4-6,8-9,14H,7,10-12,18H2,1-3H3,(H,19,20);1H/t14-;/m1./s1. The Balaban J connectivity index is 0.00000220. The fourth-order valence-electron chi connectivity index (χ4n) is 2.72. The van der Waals surface area contributed by atoms with Crippen LogP contribution in [0.25, 0.3) is 0 Å². The van der Waals surface area contributed by atoms with Crippen LogP contribution in [0.3, 0.4) is 0 Å². The molecule has 1 aliphatic rings. The number of rotatable bonds is 4. The van der Waals surface area contributed by atoms with Crippen molar-refractivity contribution >= 4 is 18.3 Å². The van der Waals surface area contributed by atoms with Crippen LogP contribution in [0.15, 0.2) is 30.3 Å². The quantitative estimate of drug-likeness (QED) is 0.898. The summed E-state index contributed by atoms with van der Waals surface area (Å²) >= 11 is 0. The van der Waals surface area contributed by atoms with Crippen molar-refractivity contribution in [1.29, 1.82) is 0 Å². The summed E-state index contributed by atoms with van der Waals surface area (Å²) in [5, 5.41) is 3.07. The van der Waals surface area contributed by atoms with Gasteiger partial charge < -0.3 is 11.1 Å². The highest BCUT2D eigenvalue weighted by Gasteiger charge is 2.39. The van der Waals surface area contributed by atoms with Crippen LogP contribution in [0.4, 0.5) is 0 Å². The number of carbonyl (C=O) groups excluding carboxylic acids is 1. The third-order valence-electron chi connectivity index (χ3n) is 4.51. The van der Waals surface area contributed by atoms with E-state index in [1.54, 1.807) is 0 Å². The highest BCUT2D eigenvalue weighted by molar-refractivity contribution is 5.85. The Morgan fingerprint density at radius 1 is 1.29 bits per heavy atom. The molecule has 0 unspecified atom stereocenters. The maximum atomic E-state index is 12.2. The zero-order valence-electron chi connectivity index (χ0n) is 13.2. The van der Waals surface area contributed by atoms with E-state index < -0.39 is 6.04 Å². The van der Waals surface area contributed by atoms with Gasteiger partial charge in [-0.3, -0.25) is 4.79 Å². The van der Waals surface area contributed by atoms with Crippen LogP contribution in [0, 0.1) is 5.41 Å². The maximum Gasteiger partial charge on any atom is 0.237 e. The highest BCUT2D eigenvalue weighted by Crippen LogP contribution is 2.43. The molecule has 1 fully saturated rings. The average Bonchev–Trinajstić information content (AvgIpc) is 2.36. The first kappa shape index (κ1) is 18.0. The number of carbonyl (C=O) groups is 1. The molecule has 0 saturated heterocycles. The van der Waals surface area contributed by atoms with Gasteiger partial charge in [0.05, 0.1) is 6.04 Å². The van der Waals surface area contributed by atoms with Crippen molar-refractivity contribution in [1.82, 2.24) is 5.32 Å². The molecule has 0 bridgehead atoms. The lowest BCUT2D eigenvalue weighted by Crippen LogP contribution is -2.53. The molecule has 1 aromatic rings. The van der Waals surface area contributed by atoms with E-state index in [0.717, 1.165) is 12.8 Å². The maximum absolute atomic E-state index is 12.2. The average molecular weight is 311 g/mol. The number of halogens is 1. The summed E-state index contributed by atoms with van der Waals surface area (Å²) in [6.07, 6.45) is 3.51. The van der Waals surface area contributed by atoms with E-state index in [2.05, 4.69) is 29.6 Å². The summed E-state index contributed by atoms with van der Waals surface area (Å²) in [6.45, 7) is 6.67. The number of nitrogens with two attached hydrogens (primary N) is 1. The van der Waals surface area contributed by atoms with Crippen LogP contribution in [-0.2, 0) is 10.2 Å². The van der Waals surface area contributed by atoms with Gasteiger partial charge in [-0.15, -0.1) is 12.4 Å². The molecule has 118 valence electrons. The van der Waals surface area contributed by atoms with Gasteiger partial charge >= 0.3 is 0 Å². The monoisotopic (exact) mass is 310 g/mol. The molecule has 1 saturated carbocycles. The summed E-state index contributed by atoms with van der Waals surface area (Å²) < 4.78 is 0. The molecule has 3 N–H and O–H groups in total. The first-order chi connectivity index (χ1) is 9.35. The molecule has 1 aliphatic carbocycles. The molecular weight excluding hydrogens is 284 g/mol. The summed E-state index contributed by atoms with van der Waals surface area (Å²) in [6, 6.07) is 10.0. The zero-order valence-corrected chi connectivity index (χ0v) is 14.0. The van der Waals surface area contributed by atoms with Gasteiger partial charge in [-0.05, 0) is 23.8 Å². The van der Waals surface area contributed by atoms with Crippen LogP contribution >= 0.6 is 12.4 Å². The number of hydrogen-bond donors (Lipinski definition) is 2. The molecule has 1 amide bonds. The molecule has 4 heteroatoms. The second kappa shape index (κ2) is 6.80. The number of amides is 1. The van der Waals surface area contributed by atoms with E-state index >= 15 is 0 Å². The molecule has 0 aliphatic heterocycles. The lowest BCUT2D eigenvalue weighted by molar-refractivity contribution is -0.125. The van der Waals surface area contributed by atoms with Gasteiger partial charge in [0, 0.05) is 12.0 Å². The van der Waals surface area contributed by atoms with Crippen LogP contribution < -0.4 is 11.1 Å². The molecular formula is C17H27ClN2O. The first-order valence-corrected chi connectivity index (χ1v) is 7.44. The molecule has 1 atom stereocenters. The van der Waals surface area contributed by atoms with Gasteiger partial charge in [-0.25, -0.2) is 0 Å². The topological polar surface area (TPSA) is 55.1 Å². The van der Waals surface area contributed by atoms with E-state index in [-0.39, 0.29) is 29.1 Å². The largest absolute Gasteiger partial charge is 0.354 e. The summed E-state index contributed by atoms with van der Waals surface area (Å²) in [7, 11) is 0. The Bertz CT molecular complexity index is 463. The predicted molar refractivity (Wildman–Crippen MR) is 89.7 cm³/mol. The minimum atomic E-state index is -0.463. The van der Waals surface area contributed by atoms with E-state index in [0.29, 0.717) is 6.54 Å². The normalized spacial score (nSPS) is 18.1. The van der Waals surface area contributed by atoms with Crippen LogP contribution in [0.1, 0.15) is 45.6 Å². The Kier molecular flexibility index (Phi) is 5.83. The Labute approximate surface area is 134 Å². The van der Waals surface area contributed by atoms with E-state index in [9.17, 15) is 4.79 Å². The van der Waals surface area contributed by atoms with Crippen molar-refractivity contribution in [2.24, 2.45) is 11.1 Å². The molecule has 1 aromatic carbocycles. The van der Waals surface area contributed by atoms with Crippen molar-refractivity contribution in [2.45, 2.75) is 51.5 Å². The molecule has 3 nitrogen and oxygen atoms in total. The van der Waals surface area contributed by atoms with Gasteiger partial charge in [0.25, 0.3) is 0 Å². The second-order valence-corrected chi connectivity index (χ2v) is 7.06. The summed E-state index contributed by atoms with van der Waals surface area (Å²) in [5.41, 5.74) is 7.25. The van der Waals surface area contributed by atoms with Gasteiger partial charge in [-0.1, -0.05) is 57.5 Å². The van der Waals surface area contributed by atoms with Crippen LogP contribution in [0.5, 0.6) is 0 Å². The third-order valence-corrected chi connectivity index (χ3v) is 4.51. The van der Waals surface area contributed by atoms with Gasteiger partial charge in [-0.2, -0.15) is 0 Å². The minimum absolute atomic E-state index is 0. The van der Waals surface area contributed by atoms with Crippen molar-refractivity contribution in [3.8, 4) is 0 Å². The number of nitrogens with one attached hydrogen (secondary N) is 1. The molecule has 0 aromatic heterocycles.